The van der Waals surface area contributed by atoms with Gasteiger partial charge < -0.3 is 10.1 Å². The number of benzene rings is 2. The number of methoxy groups -OCH3 is 1. The number of aryl methyl sites for hydroxylation is 1. The van der Waals surface area contributed by atoms with E-state index in [9.17, 15) is 4.79 Å². The van der Waals surface area contributed by atoms with Crippen LogP contribution in [-0.2, 0) is 17.9 Å². The van der Waals surface area contributed by atoms with E-state index >= 15 is 0 Å². The van der Waals surface area contributed by atoms with Crippen LogP contribution >= 0.6 is 0 Å². The van der Waals surface area contributed by atoms with Crippen LogP contribution in [0, 0.1) is 6.92 Å². The average molecular weight is 453 g/mol. The van der Waals surface area contributed by atoms with Gasteiger partial charge in [-0.15, -0.1) is 0 Å². The molecule has 1 N–H and O–H groups in total. The van der Waals surface area contributed by atoms with Gasteiger partial charge in [0.05, 0.1) is 31.2 Å². The normalized spacial score (nSPS) is 11.0. The van der Waals surface area contributed by atoms with Crippen LogP contribution in [0.2, 0.25) is 0 Å². The Balaban J connectivity index is 1.33. The minimum atomic E-state index is -0.194. The van der Waals surface area contributed by atoms with Crippen LogP contribution in [-0.4, -0.2) is 37.6 Å². The van der Waals surface area contributed by atoms with Crippen molar-refractivity contribution in [3.05, 3.63) is 90.5 Å². The molecule has 0 atom stereocenters. The molecule has 0 unspecified atom stereocenters. The minimum absolute atomic E-state index is 0.0489. The first-order valence-corrected chi connectivity index (χ1v) is 10.9. The van der Waals surface area contributed by atoms with Gasteiger partial charge in [-0.2, -0.15) is 10.2 Å². The Bertz CT molecular complexity index is 1440. The molecule has 2 aromatic carbocycles. The summed E-state index contributed by atoms with van der Waals surface area (Å²) in [6.07, 6.45) is 5.20. The van der Waals surface area contributed by atoms with Gasteiger partial charge in [0.25, 0.3) is 0 Å². The first kappa shape index (κ1) is 21.4. The Morgan fingerprint density at radius 1 is 1.06 bits per heavy atom. The smallest absolute Gasteiger partial charge is 0.246 e. The fourth-order valence-corrected chi connectivity index (χ4v) is 4.02. The molecule has 8 heteroatoms. The predicted molar refractivity (Wildman–Crippen MR) is 131 cm³/mol. The molecule has 170 valence electrons. The fraction of sp³-hybridized carbons (Fsp3) is 0.154. The fourth-order valence-electron chi connectivity index (χ4n) is 4.02. The molecule has 0 radical (unpaired) electrons. The number of fused-ring (bicyclic) bond motifs is 1. The summed E-state index contributed by atoms with van der Waals surface area (Å²) in [5, 5.41) is 12.8. The van der Waals surface area contributed by atoms with Crippen molar-refractivity contribution in [1.82, 2.24) is 24.5 Å². The van der Waals surface area contributed by atoms with Gasteiger partial charge in [-0.25, -0.2) is 9.67 Å². The number of amides is 1. The van der Waals surface area contributed by atoms with Gasteiger partial charge >= 0.3 is 0 Å². The Morgan fingerprint density at radius 2 is 1.85 bits per heavy atom. The largest absolute Gasteiger partial charge is 0.497 e. The second-order valence-corrected chi connectivity index (χ2v) is 7.99. The molecule has 0 aliphatic carbocycles. The van der Waals surface area contributed by atoms with Crippen molar-refractivity contribution in [2.24, 2.45) is 0 Å². The van der Waals surface area contributed by atoms with Crippen LogP contribution in [0.25, 0.3) is 22.2 Å². The monoisotopic (exact) mass is 452 g/mol. The van der Waals surface area contributed by atoms with Gasteiger partial charge in [0.2, 0.25) is 5.91 Å². The van der Waals surface area contributed by atoms with Crippen molar-refractivity contribution >= 4 is 22.6 Å². The molecular weight excluding hydrogens is 428 g/mol. The van der Waals surface area contributed by atoms with Gasteiger partial charge in [0, 0.05) is 17.8 Å². The SMILES string of the molecule is COc1ccc(-c2ccnc3c2c(C)nn3CC(=O)Nc2cnn(Cc3ccccc3)c2)cc1. The number of carbonyl (C=O) groups excluding carboxylic acids is 1. The van der Waals surface area contributed by atoms with Gasteiger partial charge in [0.15, 0.2) is 5.65 Å². The zero-order chi connectivity index (χ0) is 23.5. The summed E-state index contributed by atoms with van der Waals surface area (Å²) in [4.78, 5) is 17.3. The minimum Gasteiger partial charge on any atom is -0.497 e. The van der Waals surface area contributed by atoms with Crippen LogP contribution in [0.3, 0.4) is 0 Å². The zero-order valence-corrected chi connectivity index (χ0v) is 19.0. The molecule has 5 aromatic rings. The molecule has 3 heterocycles. The maximum Gasteiger partial charge on any atom is 0.246 e. The number of rotatable bonds is 7. The lowest BCUT2D eigenvalue weighted by Crippen LogP contribution is -2.19. The number of nitrogens with one attached hydrogen (secondary N) is 1. The second kappa shape index (κ2) is 9.19. The number of hydrogen-bond acceptors (Lipinski definition) is 5. The summed E-state index contributed by atoms with van der Waals surface area (Å²) >= 11 is 0. The van der Waals surface area contributed by atoms with E-state index in [-0.39, 0.29) is 12.5 Å². The summed E-state index contributed by atoms with van der Waals surface area (Å²) in [7, 11) is 1.65. The van der Waals surface area contributed by atoms with E-state index < -0.39 is 0 Å². The highest BCUT2D eigenvalue weighted by Gasteiger charge is 2.16. The molecule has 5 rings (SSSR count). The topological polar surface area (TPSA) is 86.9 Å². The van der Waals surface area contributed by atoms with Crippen molar-refractivity contribution < 1.29 is 9.53 Å². The first-order chi connectivity index (χ1) is 16.6. The van der Waals surface area contributed by atoms with Crippen molar-refractivity contribution in [2.75, 3.05) is 12.4 Å². The Hall–Kier alpha value is -4.46. The van der Waals surface area contributed by atoms with Crippen LogP contribution in [0.4, 0.5) is 5.69 Å². The Labute approximate surface area is 196 Å². The summed E-state index contributed by atoms with van der Waals surface area (Å²) < 4.78 is 8.70. The number of hydrogen-bond donors (Lipinski definition) is 1. The third-order valence-electron chi connectivity index (χ3n) is 5.61. The molecule has 0 saturated carbocycles. The highest BCUT2D eigenvalue weighted by atomic mass is 16.5. The van der Waals surface area contributed by atoms with Crippen LogP contribution < -0.4 is 10.1 Å². The lowest BCUT2D eigenvalue weighted by molar-refractivity contribution is -0.116. The molecule has 8 nitrogen and oxygen atoms in total. The number of aromatic nitrogens is 5. The zero-order valence-electron chi connectivity index (χ0n) is 19.0. The van der Waals surface area contributed by atoms with Gasteiger partial charge in [-0.05, 0) is 41.8 Å². The molecule has 34 heavy (non-hydrogen) atoms. The number of pyridine rings is 1. The molecule has 0 spiro atoms. The summed E-state index contributed by atoms with van der Waals surface area (Å²) in [6, 6.07) is 19.9. The van der Waals surface area contributed by atoms with Gasteiger partial charge in [-0.1, -0.05) is 42.5 Å². The Kier molecular flexibility index (Phi) is 5.78. The van der Waals surface area contributed by atoms with E-state index in [1.54, 1.807) is 28.9 Å². The van der Waals surface area contributed by atoms with Crippen LogP contribution in [0.5, 0.6) is 5.75 Å². The van der Waals surface area contributed by atoms with Crippen molar-refractivity contribution in [2.45, 2.75) is 20.0 Å². The number of carbonyl (C=O) groups is 1. The summed E-state index contributed by atoms with van der Waals surface area (Å²) in [5.41, 5.74) is 5.31. The van der Waals surface area contributed by atoms with Gasteiger partial charge in [-0.3, -0.25) is 9.48 Å². The molecule has 0 bridgehead atoms. The van der Waals surface area contributed by atoms with Crippen LogP contribution in [0.1, 0.15) is 11.3 Å². The predicted octanol–water partition coefficient (Wildman–Crippen LogP) is 4.30. The average Bonchev–Trinajstić information content (AvgIpc) is 3.43. The Morgan fingerprint density at radius 3 is 2.62 bits per heavy atom. The summed E-state index contributed by atoms with van der Waals surface area (Å²) in [5.74, 6) is 0.602. The van der Waals surface area contributed by atoms with Crippen LogP contribution in [0.15, 0.2) is 79.3 Å². The number of nitrogens with zero attached hydrogens (tertiary/aromatic N) is 5. The molecule has 0 fully saturated rings. The lowest BCUT2D eigenvalue weighted by Gasteiger charge is -2.07. The van der Waals surface area contributed by atoms with E-state index in [0.717, 1.165) is 33.5 Å². The molecular formula is C26H24N6O2. The van der Waals surface area contributed by atoms with Crippen molar-refractivity contribution in [3.8, 4) is 16.9 Å². The van der Waals surface area contributed by atoms with E-state index in [1.165, 1.54) is 0 Å². The molecule has 0 aliphatic rings. The quantitative estimate of drug-likeness (QED) is 0.398. The van der Waals surface area contributed by atoms with E-state index in [1.807, 2.05) is 73.8 Å². The van der Waals surface area contributed by atoms with Crippen molar-refractivity contribution in [3.63, 3.8) is 0 Å². The highest BCUT2D eigenvalue weighted by Crippen LogP contribution is 2.30. The first-order valence-electron chi connectivity index (χ1n) is 10.9. The summed E-state index contributed by atoms with van der Waals surface area (Å²) in [6.45, 7) is 2.62. The van der Waals surface area contributed by atoms with Crippen molar-refractivity contribution in [1.29, 1.82) is 0 Å². The third-order valence-corrected chi connectivity index (χ3v) is 5.61. The number of ether oxygens (including phenoxy) is 1. The second-order valence-electron chi connectivity index (χ2n) is 7.99. The van der Waals surface area contributed by atoms with E-state index in [4.69, 9.17) is 4.74 Å². The maximum absolute atomic E-state index is 12.8. The van der Waals surface area contributed by atoms with E-state index in [0.29, 0.717) is 17.9 Å². The van der Waals surface area contributed by atoms with E-state index in [2.05, 4.69) is 20.5 Å². The highest BCUT2D eigenvalue weighted by molar-refractivity contribution is 5.96. The number of anilines is 1. The molecule has 0 saturated heterocycles. The molecule has 1 amide bonds. The van der Waals surface area contributed by atoms with Gasteiger partial charge in [0.1, 0.15) is 12.3 Å². The lowest BCUT2D eigenvalue weighted by atomic mass is 10.0. The standard InChI is InChI=1S/C26H24N6O2/c1-18-25-23(20-8-10-22(34-2)11-9-20)12-13-27-26(25)32(30-18)17-24(33)29-21-14-28-31(16-21)15-19-6-4-3-5-7-19/h3-14,16H,15,17H2,1-2H3,(H,29,33). The molecule has 0 aliphatic heterocycles. The molecule has 3 aromatic heterocycles. The maximum atomic E-state index is 12.8. The third kappa shape index (κ3) is 4.38.